The van der Waals surface area contributed by atoms with Crippen molar-refractivity contribution < 1.29 is 19.5 Å². The Kier molecular flexibility index (Phi) is 6.83. The summed E-state index contributed by atoms with van der Waals surface area (Å²) >= 11 is 2.68. The van der Waals surface area contributed by atoms with Gasteiger partial charge in [0.15, 0.2) is 5.69 Å². The Hall–Kier alpha value is -2.50. The maximum absolute atomic E-state index is 12.6. The zero-order chi connectivity index (χ0) is 21.8. The number of allylic oxidation sites excluding steroid dienone is 3. The van der Waals surface area contributed by atoms with Crippen molar-refractivity contribution in [3.8, 4) is 0 Å². The third kappa shape index (κ3) is 5.05. The number of thiazole rings is 1. The van der Waals surface area contributed by atoms with E-state index in [4.69, 9.17) is 4.74 Å². The number of esters is 1. The van der Waals surface area contributed by atoms with Crippen molar-refractivity contribution >= 4 is 45.9 Å². The van der Waals surface area contributed by atoms with Gasteiger partial charge in [-0.1, -0.05) is 23.9 Å². The molecule has 0 spiro atoms. The quantitative estimate of drug-likeness (QED) is 0.672. The highest BCUT2D eigenvalue weighted by molar-refractivity contribution is 8.14. The van der Waals surface area contributed by atoms with Crippen molar-refractivity contribution in [2.75, 3.05) is 25.4 Å². The number of likely N-dealkylation sites (tertiary alicyclic amines) is 1. The van der Waals surface area contributed by atoms with E-state index in [9.17, 15) is 14.8 Å². The zero-order valence-corrected chi connectivity index (χ0v) is 18.7. The molecule has 0 radical (unpaired) electrons. The minimum Gasteiger partial charge on any atom is -0.461 e. The van der Waals surface area contributed by atoms with Crippen LogP contribution in [0.4, 0.5) is 0 Å². The molecule has 0 unspecified atom stereocenters. The van der Waals surface area contributed by atoms with Crippen LogP contribution in [-0.2, 0) is 9.53 Å². The standard InChI is InChI=1S/C20H23N5O4S2/c1-2-29-19(27)15-11-30-18(21-15)13-7-9-24(10-8-13)17(26)12-31-20-22-14-5-3-4-6-16(14)25(28)23-20/h3,5-6,11,13,28H,2,4,7-10,12H2,1H3. The molecular formula is C20H23N5O4S2. The van der Waals surface area contributed by atoms with Crippen LogP contribution in [0.1, 0.15) is 47.6 Å². The van der Waals surface area contributed by atoms with E-state index in [1.54, 1.807) is 12.3 Å². The molecule has 0 aromatic carbocycles. The Morgan fingerprint density at radius 3 is 2.94 bits per heavy atom. The van der Waals surface area contributed by atoms with E-state index < -0.39 is 5.97 Å². The fourth-order valence-electron chi connectivity index (χ4n) is 3.52. The van der Waals surface area contributed by atoms with Gasteiger partial charge in [0.25, 0.3) is 0 Å². The topological polar surface area (TPSA) is 108 Å². The molecule has 0 bridgehead atoms. The molecule has 0 saturated carbocycles. The van der Waals surface area contributed by atoms with Gasteiger partial charge in [0.1, 0.15) is 5.70 Å². The molecule has 0 atom stereocenters. The van der Waals surface area contributed by atoms with E-state index in [1.807, 2.05) is 23.1 Å². The van der Waals surface area contributed by atoms with Gasteiger partial charge in [-0.15, -0.1) is 21.6 Å². The van der Waals surface area contributed by atoms with Crippen LogP contribution in [0, 0.1) is 0 Å². The second-order valence-electron chi connectivity index (χ2n) is 7.13. The summed E-state index contributed by atoms with van der Waals surface area (Å²) in [5.41, 5.74) is 1.56. The van der Waals surface area contributed by atoms with Crippen molar-refractivity contribution in [2.24, 2.45) is 10.1 Å². The molecule has 1 saturated heterocycles. The average Bonchev–Trinajstić information content (AvgIpc) is 3.28. The van der Waals surface area contributed by atoms with Crippen molar-refractivity contribution in [3.63, 3.8) is 0 Å². The monoisotopic (exact) mass is 461 g/mol. The third-order valence-electron chi connectivity index (χ3n) is 5.13. The lowest BCUT2D eigenvalue weighted by Gasteiger charge is -2.31. The minimum atomic E-state index is -0.392. The summed E-state index contributed by atoms with van der Waals surface area (Å²) in [6, 6.07) is 0. The Balaban J connectivity index is 1.27. The maximum Gasteiger partial charge on any atom is 0.357 e. The summed E-state index contributed by atoms with van der Waals surface area (Å²) in [4.78, 5) is 35.1. The Morgan fingerprint density at radius 2 is 2.16 bits per heavy atom. The molecule has 2 aliphatic heterocycles. The highest BCUT2D eigenvalue weighted by Crippen LogP contribution is 2.31. The summed E-state index contributed by atoms with van der Waals surface area (Å²) in [6.07, 6.45) is 7.97. The first-order chi connectivity index (χ1) is 15.0. The van der Waals surface area contributed by atoms with Crippen molar-refractivity contribution in [1.29, 1.82) is 0 Å². The van der Waals surface area contributed by atoms with Gasteiger partial charge in [-0.2, -0.15) is 0 Å². The zero-order valence-electron chi connectivity index (χ0n) is 17.1. The van der Waals surface area contributed by atoms with Crippen LogP contribution in [0.2, 0.25) is 0 Å². The van der Waals surface area contributed by atoms with Gasteiger partial charge in [-0.3, -0.25) is 10.0 Å². The number of rotatable bonds is 5. The smallest absolute Gasteiger partial charge is 0.357 e. The van der Waals surface area contributed by atoms with Crippen molar-refractivity contribution in [2.45, 2.75) is 32.1 Å². The fraction of sp³-hybridized carbons (Fsp3) is 0.450. The highest BCUT2D eigenvalue weighted by Gasteiger charge is 2.27. The molecule has 1 fully saturated rings. The number of piperidine rings is 1. The number of hydroxylamine groups is 1. The lowest BCUT2D eigenvalue weighted by atomic mass is 9.97. The Bertz CT molecular complexity index is 976. The molecule has 1 aromatic heterocycles. The number of hydrazone groups is 1. The third-order valence-corrected chi connectivity index (χ3v) is 6.96. The SMILES string of the molecule is CCOC(=O)c1csc(C2CCN(C(=O)CSC3=NN(O)C4=CCC=CC4=N3)CC2)n1. The number of nitrogens with zero attached hydrogens (tertiary/aromatic N) is 5. The van der Waals surface area contributed by atoms with Crippen LogP contribution in [0.15, 0.2) is 39.4 Å². The molecule has 11 heteroatoms. The largest absolute Gasteiger partial charge is 0.461 e. The van der Waals surface area contributed by atoms with Gasteiger partial charge in [-0.05, 0) is 32.3 Å². The molecule has 1 aliphatic carbocycles. The number of amidine groups is 1. The van der Waals surface area contributed by atoms with Crippen LogP contribution in [0.5, 0.6) is 0 Å². The predicted molar refractivity (Wildman–Crippen MR) is 119 cm³/mol. The highest BCUT2D eigenvalue weighted by atomic mass is 32.2. The van der Waals surface area contributed by atoms with E-state index in [0.717, 1.165) is 29.4 Å². The summed E-state index contributed by atoms with van der Waals surface area (Å²) in [5, 5.41) is 17.9. The molecule has 9 nitrogen and oxygen atoms in total. The van der Waals surface area contributed by atoms with Gasteiger partial charge in [0, 0.05) is 24.4 Å². The number of hydrogen-bond donors (Lipinski definition) is 1. The lowest BCUT2D eigenvalue weighted by molar-refractivity contribution is -0.129. The Labute approximate surface area is 188 Å². The van der Waals surface area contributed by atoms with E-state index >= 15 is 0 Å². The molecule has 1 amide bonds. The number of aliphatic imine (C=N–C) groups is 1. The normalized spacial score (nSPS) is 18.8. The number of aromatic nitrogens is 1. The molecule has 1 N–H and O–H groups in total. The van der Waals surface area contributed by atoms with Gasteiger partial charge >= 0.3 is 5.97 Å². The fourth-order valence-corrected chi connectivity index (χ4v) is 5.21. The summed E-state index contributed by atoms with van der Waals surface area (Å²) in [5.74, 6) is 0.0748. The number of ether oxygens (including phenoxy) is 1. The summed E-state index contributed by atoms with van der Waals surface area (Å²) < 4.78 is 5.00. The second-order valence-corrected chi connectivity index (χ2v) is 8.96. The number of fused-ring (bicyclic) bond motifs is 1. The first kappa shape index (κ1) is 21.7. The van der Waals surface area contributed by atoms with Crippen LogP contribution >= 0.6 is 23.1 Å². The van der Waals surface area contributed by atoms with Crippen LogP contribution in [-0.4, -0.2) is 68.5 Å². The van der Waals surface area contributed by atoms with E-state index in [0.29, 0.717) is 42.0 Å². The van der Waals surface area contributed by atoms with Crippen LogP contribution in [0.25, 0.3) is 0 Å². The van der Waals surface area contributed by atoms with Gasteiger partial charge < -0.3 is 9.64 Å². The van der Waals surface area contributed by atoms with Gasteiger partial charge in [0.2, 0.25) is 11.1 Å². The van der Waals surface area contributed by atoms with Crippen LogP contribution in [0.3, 0.4) is 0 Å². The van der Waals surface area contributed by atoms with Crippen molar-refractivity contribution in [3.05, 3.63) is 40.0 Å². The molecule has 31 heavy (non-hydrogen) atoms. The average molecular weight is 462 g/mol. The first-order valence-corrected chi connectivity index (χ1v) is 12.0. The van der Waals surface area contributed by atoms with Crippen LogP contribution < -0.4 is 0 Å². The van der Waals surface area contributed by atoms with E-state index in [-0.39, 0.29) is 17.6 Å². The number of amides is 1. The molecule has 164 valence electrons. The lowest BCUT2D eigenvalue weighted by Crippen LogP contribution is -2.39. The second kappa shape index (κ2) is 9.75. The van der Waals surface area contributed by atoms with Gasteiger partial charge in [0.05, 0.1) is 23.1 Å². The molecule has 3 heterocycles. The molecule has 4 rings (SSSR count). The Morgan fingerprint density at radius 1 is 1.35 bits per heavy atom. The van der Waals surface area contributed by atoms with E-state index in [1.165, 1.54) is 23.1 Å². The summed E-state index contributed by atoms with van der Waals surface area (Å²) in [7, 11) is 0. The summed E-state index contributed by atoms with van der Waals surface area (Å²) in [6.45, 7) is 3.38. The van der Waals surface area contributed by atoms with Crippen molar-refractivity contribution in [1.82, 2.24) is 15.1 Å². The molecular weight excluding hydrogens is 438 g/mol. The predicted octanol–water partition coefficient (Wildman–Crippen LogP) is 3.02. The minimum absolute atomic E-state index is 0.0164. The van der Waals surface area contributed by atoms with Gasteiger partial charge in [-0.25, -0.2) is 14.8 Å². The number of hydrogen-bond acceptors (Lipinski definition) is 10. The molecule has 3 aliphatic rings. The number of carbonyl (C=O) groups is 2. The van der Waals surface area contributed by atoms with E-state index in [2.05, 4.69) is 15.1 Å². The number of thioether (sulfide) groups is 1. The maximum atomic E-state index is 12.6. The first-order valence-electron chi connectivity index (χ1n) is 10.1. The molecule has 1 aromatic rings. The number of carbonyl (C=O) groups excluding carboxylic acids is 2.